The Morgan fingerprint density at radius 1 is 1.43 bits per heavy atom. The predicted octanol–water partition coefficient (Wildman–Crippen LogP) is 1.88. The second-order valence-corrected chi connectivity index (χ2v) is 3.89. The number of benzene rings is 1. The largest absolute Gasteiger partial charge is 0.269 e. The number of hydrazine groups is 1. The fraction of sp³-hybridized carbons (Fsp3) is 0.455. The number of hydrogen-bond donors (Lipinski definition) is 1. The summed E-state index contributed by atoms with van der Waals surface area (Å²) >= 11 is 0. The first-order valence-corrected chi connectivity index (χ1v) is 5.01. The molecule has 3 heteroatoms. The molecule has 0 aromatic heterocycles. The molecule has 76 valence electrons. The van der Waals surface area contributed by atoms with Crippen LogP contribution in [-0.4, -0.2) is 18.1 Å². The van der Waals surface area contributed by atoms with E-state index in [-0.39, 0.29) is 5.82 Å². The van der Waals surface area contributed by atoms with E-state index >= 15 is 0 Å². The molecule has 2 rings (SSSR count). The van der Waals surface area contributed by atoms with Crippen LogP contribution in [0.3, 0.4) is 0 Å². The van der Waals surface area contributed by atoms with Crippen LogP contribution in [-0.2, 0) is 0 Å². The number of nitrogens with zero attached hydrogens (tertiary/aromatic N) is 1. The summed E-state index contributed by atoms with van der Waals surface area (Å²) in [7, 11) is 0. The summed E-state index contributed by atoms with van der Waals surface area (Å²) in [5, 5.41) is 1.82. The SMILES string of the molecule is NN1CCCC(c2cccc(F)c2)C1. The van der Waals surface area contributed by atoms with Crippen LogP contribution in [0.2, 0.25) is 0 Å². The van der Waals surface area contributed by atoms with Crippen LogP contribution in [0.5, 0.6) is 0 Å². The maximum absolute atomic E-state index is 13.0. The Labute approximate surface area is 83.5 Å². The Morgan fingerprint density at radius 3 is 3.00 bits per heavy atom. The van der Waals surface area contributed by atoms with Gasteiger partial charge in [0.2, 0.25) is 0 Å². The van der Waals surface area contributed by atoms with Crippen molar-refractivity contribution in [3.05, 3.63) is 35.6 Å². The quantitative estimate of drug-likeness (QED) is 0.692. The van der Waals surface area contributed by atoms with Crippen LogP contribution < -0.4 is 5.84 Å². The minimum Gasteiger partial charge on any atom is -0.269 e. The van der Waals surface area contributed by atoms with Crippen molar-refractivity contribution >= 4 is 0 Å². The summed E-state index contributed by atoms with van der Waals surface area (Å²) in [6.45, 7) is 1.79. The molecule has 1 heterocycles. The third kappa shape index (κ3) is 2.11. The first-order valence-electron chi connectivity index (χ1n) is 5.01. The van der Waals surface area contributed by atoms with Crippen LogP contribution in [0, 0.1) is 5.82 Å². The molecule has 1 fully saturated rings. The lowest BCUT2D eigenvalue weighted by atomic mass is 9.91. The first kappa shape index (κ1) is 9.62. The van der Waals surface area contributed by atoms with Gasteiger partial charge in [0, 0.05) is 13.1 Å². The molecule has 0 bridgehead atoms. The number of rotatable bonds is 1. The molecule has 0 spiro atoms. The average Bonchev–Trinajstić information content (AvgIpc) is 2.18. The summed E-state index contributed by atoms with van der Waals surface area (Å²) in [5.41, 5.74) is 1.07. The third-order valence-corrected chi connectivity index (χ3v) is 2.77. The van der Waals surface area contributed by atoms with Crippen LogP contribution in [0.15, 0.2) is 24.3 Å². The molecule has 1 aliphatic rings. The highest BCUT2D eigenvalue weighted by molar-refractivity contribution is 5.21. The minimum atomic E-state index is -0.156. The van der Waals surface area contributed by atoms with Gasteiger partial charge in [0.1, 0.15) is 5.82 Å². The second kappa shape index (κ2) is 4.07. The van der Waals surface area contributed by atoms with Crippen molar-refractivity contribution < 1.29 is 4.39 Å². The molecule has 0 aliphatic carbocycles. The Balaban J connectivity index is 2.14. The van der Waals surface area contributed by atoms with Gasteiger partial charge in [-0.3, -0.25) is 5.84 Å². The van der Waals surface area contributed by atoms with Crippen molar-refractivity contribution in [1.82, 2.24) is 5.01 Å². The summed E-state index contributed by atoms with van der Waals surface area (Å²) < 4.78 is 13.0. The van der Waals surface area contributed by atoms with Crippen molar-refractivity contribution in [1.29, 1.82) is 0 Å². The molecule has 0 radical (unpaired) electrons. The molecular weight excluding hydrogens is 179 g/mol. The van der Waals surface area contributed by atoms with E-state index in [1.54, 1.807) is 12.1 Å². The van der Waals surface area contributed by atoms with Crippen molar-refractivity contribution in [2.75, 3.05) is 13.1 Å². The standard InChI is InChI=1S/C11H15FN2/c12-11-5-1-3-9(7-11)10-4-2-6-14(13)8-10/h1,3,5,7,10H,2,4,6,8,13H2. The van der Waals surface area contributed by atoms with E-state index in [0.29, 0.717) is 5.92 Å². The number of hydrogen-bond acceptors (Lipinski definition) is 2. The molecule has 0 saturated carbocycles. The third-order valence-electron chi connectivity index (χ3n) is 2.77. The van der Waals surface area contributed by atoms with Gasteiger partial charge in [-0.25, -0.2) is 9.40 Å². The molecular formula is C11H15FN2. The van der Waals surface area contributed by atoms with E-state index in [2.05, 4.69) is 0 Å². The highest BCUT2D eigenvalue weighted by Crippen LogP contribution is 2.25. The molecule has 1 aromatic rings. The van der Waals surface area contributed by atoms with Gasteiger partial charge in [-0.1, -0.05) is 12.1 Å². The molecule has 14 heavy (non-hydrogen) atoms. The van der Waals surface area contributed by atoms with Crippen molar-refractivity contribution in [2.24, 2.45) is 5.84 Å². The van der Waals surface area contributed by atoms with Crippen LogP contribution >= 0.6 is 0 Å². The first-order chi connectivity index (χ1) is 6.75. The van der Waals surface area contributed by atoms with E-state index in [4.69, 9.17) is 5.84 Å². The van der Waals surface area contributed by atoms with Crippen LogP contribution in [0.25, 0.3) is 0 Å². The van der Waals surface area contributed by atoms with Gasteiger partial charge in [0.25, 0.3) is 0 Å². The van der Waals surface area contributed by atoms with E-state index in [0.717, 1.165) is 31.5 Å². The van der Waals surface area contributed by atoms with Gasteiger partial charge in [-0.15, -0.1) is 0 Å². The number of nitrogens with two attached hydrogens (primary N) is 1. The summed E-state index contributed by atoms with van der Waals surface area (Å²) in [5.74, 6) is 5.98. The molecule has 0 amide bonds. The Morgan fingerprint density at radius 2 is 2.29 bits per heavy atom. The van der Waals surface area contributed by atoms with E-state index in [9.17, 15) is 4.39 Å². The Kier molecular flexibility index (Phi) is 2.79. The van der Waals surface area contributed by atoms with E-state index in [1.165, 1.54) is 6.07 Å². The Hall–Kier alpha value is -0.930. The van der Waals surface area contributed by atoms with Gasteiger partial charge in [0.15, 0.2) is 0 Å². The van der Waals surface area contributed by atoms with Gasteiger partial charge in [0.05, 0.1) is 0 Å². The average molecular weight is 194 g/mol. The highest BCUT2D eigenvalue weighted by Gasteiger charge is 2.19. The molecule has 1 aromatic carbocycles. The zero-order valence-corrected chi connectivity index (χ0v) is 8.12. The number of piperidine rings is 1. The molecule has 2 nitrogen and oxygen atoms in total. The zero-order chi connectivity index (χ0) is 9.97. The predicted molar refractivity (Wildman–Crippen MR) is 54.1 cm³/mol. The maximum Gasteiger partial charge on any atom is 0.123 e. The Bertz CT molecular complexity index is 314. The lowest BCUT2D eigenvalue weighted by Crippen LogP contribution is -2.39. The van der Waals surface area contributed by atoms with Gasteiger partial charge in [-0.05, 0) is 36.5 Å². The van der Waals surface area contributed by atoms with Crippen molar-refractivity contribution in [2.45, 2.75) is 18.8 Å². The summed E-state index contributed by atoms with van der Waals surface area (Å²) in [6.07, 6.45) is 2.20. The van der Waals surface area contributed by atoms with Crippen LogP contribution in [0.4, 0.5) is 4.39 Å². The normalized spacial score (nSPS) is 23.7. The highest BCUT2D eigenvalue weighted by atomic mass is 19.1. The zero-order valence-electron chi connectivity index (χ0n) is 8.12. The van der Waals surface area contributed by atoms with Gasteiger partial charge >= 0.3 is 0 Å². The maximum atomic E-state index is 13.0. The molecule has 1 unspecified atom stereocenters. The van der Waals surface area contributed by atoms with E-state index < -0.39 is 0 Å². The lowest BCUT2D eigenvalue weighted by Gasteiger charge is -2.29. The lowest BCUT2D eigenvalue weighted by molar-refractivity contribution is 0.212. The monoisotopic (exact) mass is 194 g/mol. The minimum absolute atomic E-state index is 0.156. The molecule has 2 N–H and O–H groups in total. The van der Waals surface area contributed by atoms with Crippen LogP contribution in [0.1, 0.15) is 24.3 Å². The van der Waals surface area contributed by atoms with Crippen molar-refractivity contribution in [3.63, 3.8) is 0 Å². The molecule has 1 aliphatic heterocycles. The topological polar surface area (TPSA) is 29.3 Å². The van der Waals surface area contributed by atoms with Gasteiger partial charge < -0.3 is 0 Å². The van der Waals surface area contributed by atoms with E-state index in [1.807, 2.05) is 11.1 Å². The smallest absolute Gasteiger partial charge is 0.123 e. The number of halogens is 1. The van der Waals surface area contributed by atoms with Gasteiger partial charge in [-0.2, -0.15) is 0 Å². The molecule has 1 atom stereocenters. The van der Waals surface area contributed by atoms with Crippen molar-refractivity contribution in [3.8, 4) is 0 Å². The fourth-order valence-electron chi connectivity index (χ4n) is 2.04. The summed E-state index contributed by atoms with van der Waals surface area (Å²) in [4.78, 5) is 0. The second-order valence-electron chi connectivity index (χ2n) is 3.89. The summed E-state index contributed by atoms with van der Waals surface area (Å²) in [6, 6.07) is 6.84. The fourth-order valence-corrected chi connectivity index (χ4v) is 2.04. The molecule has 1 saturated heterocycles.